The summed E-state index contributed by atoms with van der Waals surface area (Å²) in [5.41, 5.74) is 2.78. The number of aryl methyl sites for hydroxylation is 2. The summed E-state index contributed by atoms with van der Waals surface area (Å²) in [5, 5.41) is 3.32. The van der Waals surface area contributed by atoms with Gasteiger partial charge in [0.2, 0.25) is 0 Å². The molecule has 1 N–H and O–H groups in total. The lowest BCUT2D eigenvalue weighted by Gasteiger charge is -2.32. The molecular weight excluding hydrogens is 264 g/mol. The first-order valence-corrected chi connectivity index (χ1v) is 7.78. The number of hydrogen-bond donors (Lipinski definition) is 1. The monoisotopic (exact) mass is 290 g/mol. The van der Waals surface area contributed by atoms with Gasteiger partial charge in [0.25, 0.3) is 0 Å². The van der Waals surface area contributed by atoms with Gasteiger partial charge in [0.1, 0.15) is 5.75 Å². The van der Waals surface area contributed by atoms with Crippen LogP contribution >= 0.6 is 0 Å². The number of hydrogen-bond acceptors (Lipinski definition) is 4. The molecule has 21 heavy (non-hydrogen) atoms. The van der Waals surface area contributed by atoms with Crippen LogP contribution in [0.3, 0.4) is 0 Å². The number of carbonyl (C=O) groups excluding carboxylic acids is 1. The van der Waals surface area contributed by atoms with Gasteiger partial charge in [0.05, 0.1) is 18.2 Å². The summed E-state index contributed by atoms with van der Waals surface area (Å²) in [6.45, 7) is 12.2. The van der Waals surface area contributed by atoms with E-state index in [-0.39, 0.29) is 11.8 Å². The second-order valence-electron chi connectivity index (χ2n) is 5.66. The minimum Gasteiger partial charge on any atom is -0.493 e. The largest absolute Gasteiger partial charge is 0.493 e. The van der Waals surface area contributed by atoms with Gasteiger partial charge in [-0.15, -0.1) is 0 Å². The van der Waals surface area contributed by atoms with E-state index in [1.807, 2.05) is 39.8 Å². The highest BCUT2D eigenvalue weighted by atomic mass is 16.5. The Morgan fingerprint density at radius 3 is 2.52 bits per heavy atom. The highest BCUT2D eigenvalue weighted by Gasteiger charge is 2.27. The van der Waals surface area contributed by atoms with E-state index in [9.17, 15) is 4.79 Å². The molecule has 1 aliphatic rings. The van der Waals surface area contributed by atoms with Crippen molar-refractivity contribution >= 4 is 5.78 Å². The van der Waals surface area contributed by atoms with Crippen molar-refractivity contribution < 1.29 is 9.53 Å². The Morgan fingerprint density at radius 2 is 1.90 bits per heavy atom. The fourth-order valence-electron chi connectivity index (χ4n) is 2.87. The second-order valence-corrected chi connectivity index (χ2v) is 5.66. The van der Waals surface area contributed by atoms with Gasteiger partial charge < -0.3 is 10.1 Å². The zero-order chi connectivity index (χ0) is 15.4. The molecule has 1 aromatic rings. The smallest absolute Gasteiger partial charge is 0.183 e. The first-order valence-electron chi connectivity index (χ1n) is 7.78. The average Bonchev–Trinajstić information content (AvgIpc) is 2.51. The van der Waals surface area contributed by atoms with Gasteiger partial charge in [0.15, 0.2) is 5.78 Å². The molecule has 4 heteroatoms. The van der Waals surface area contributed by atoms with Crippen molar-refractivity contribution in [3.8, 4) is 5.75 Å². The average molecular weight is 290 g/mol. The maximum Gasteiger partial charge on any atom is 0.183 e. The van der Waals surface area contributed by atoms with Gasteiger partial charge in [-0.05, 0) is 38.8 Å². The van der Waals surface area contributed by atoms with Gasteiger partial charge in [-0.2, -0.15) is 0 Å². The quantitative estimate of drug-likeness (QED) is 0.844. The Labute approximate surface area is 127 Å². The summed E-state index contributed by atoms with van der Waals surface area (Å²) in [7, 11) is 0. The van der Waals surface area contributed by atoms with E-state index < -0.39 is 0 Å². The number of carbonyl (C=O) groups is 1. The second kappa shape index (κ2) is 7.05. The standard InChI is InChI=1S/C17H26N2O2/c1-5-21-17-13(3)7-6-12(2)15(17)16(20)14(4)19-10-8-18-9-11-19/h6-7,14,18H,5,8-11H2,1-4H3. The molecule has 1 aliphatic heterocycles. The topological polar surface area (TPSA) is 41.6 Å². The summed E-state index contributed by atoms with van der Waals surface area (Å²) in [5.74, 6) is 0.922. The summed E-state index contributed by atoms with van der Waals surface area (Å²) in [4.78, 5) is 15.2. The number of ether oxygens (including phenoxy) is 1. The fourth-order valence-corrected chi connectivity index (χ4v) is 2.87. The predicted octanol–water partition coefficient (Wildman–Crippen LogP) is 2.18. The molecule has 0 spiro atoms. The van der Waals surface area contributed by atoms with Gasteiger partial charge in [-0.3, -0.25) is 9.69 Å². The third-order valence-corrected chi connectivity index (χ3v) is 4.18. The Hall–Kier alpha value is -1.39. The summed E-state index contributed by atoms with van der Waals surface area (Å²) in [6.07, 6.45) is 0. The lowest BCUT2D eigenvalue weighted by atomic mass is 9.95. The van der Waals surface area contributed by atoms with Crippen LogP contribution in [0.1, 0.15) is 35.3 Å². The van der Waals surface area contributed by atoms with Crippen molar-refractivity contribution in [3.63, 3.8) is 0 Å². The Balaban J connectivity index is 2.31. The number of piperazine rings is 1. The first kappa shape index (κ1) is 16.0. The number of nitrogens with one attached hydrogen (secondary N) is 1. The third kappa shape index (κ3) is 3.44. The zero-order valence-corrected chi connectivity index (χ0v) is 13.5. The molecule has 2 rings (SSSR count). The van der Waals surface area contributed by atoms with Crippen molar-refractivity contribution in [1.29, 1.82) is 0 Å². The molecule has 1 aromatic carbocycles. The van der Waals surface area contributed by atoms with Crippen molar-refractivity contribution in [1.82, 2.24) is 10.2 Å². The van der Waals surface area contributed by atoms with E-state index >= 15 is 0 Å². The molecular formula is C17H26N2O2. The van der Waals surface area contributed by atoms with Crippen LogP contribution in [0.2, 0.25) is 0 Å². The molecule has 0 bridgehead atoms. The maximum absolute atomic E-state index is 13.0. The van der Waals surface area contributed by atoms with Gasteiger partial charge in [-0.1, -0.05) is 12.1 Å². The van der Waals surface area contributed by atoms with Crippen LogP contribution in [-0.4, -0.2) is 49.5 Å². The molecule has 0 radical (unpaired) electrons. The molecule has 1 saturated heterocycles. The summed E-state index contributed by atoms with van der Waals surface area (Å²) >= 11 is 0. The lowest BCUT2D eigenvalue weighted by Crippen LogP contribution is -2.50. The fraction of sp³-hybridized carbons (Fsp3) is 0.588. The van der Waals surface area contributed by atoms with Gasteiger partial charge >= 0.3 is 0 Å². The number of benzene rings is 1. The van der Waals surface area contributed by atoms with Gasteiger partial charge in [0, 0.05) is 26.2 Å². The van der Waals surface area contributed by atoms with E-state index in [2.05, 4.69) is 10.2 Å². The number of Topliss-reactive ketones (excluding diaryl/α,β-unsaturated/α-hetero) is 1. The molecule has 4 nitrogen and oxygen atoms in total. The number of rotatable bonds is 5. The minimum absolute atomic E-state index is 0.105. The van der Waals surface area contributed by atoms with Crippen molar-refractivity contribution in [3.05, 3.63) is 28.8 Å². The predicted molar refractivity (Wildman–Crippen MR) is 85.3 cm³/mol. The maximum atomic E-state index is 13.0. The van der Waals surface area contributed by atoms with Crippen LogP contribution in [0.25, 0.3) is 0 Å². The van der Waals surface area contributed by atoms with Crippen molar-refractivity contribution in [2.24, 2.45) is 0 Å². The minimum atomic E-state index is -0.105. The molecule has 1 heterocycles. The molecule has 0 aliphatic carbocycles. The lowest BCUT2D eigenvalue weighted by molar-refractivity contribution is 0.0815. The molecule has 1 fully saturated rings. The Bertz CT molecular complexity index is 508. The Morgan fingerprint density at radius 1 is 1.29 bits per heavy atom. The molecule has 0 amide bonds. The van der Waals surface area contributed by atoms with E-state index in [4.69, 9.17) is 4.74 Å². The Kier molecular flexibility index (Phi) is 5.37. The molecule has 0 saturated carbocycles. The van der Waals surface area contributed by atoms with Gasteiger partial charge in [-0.25, -0.2) is 0 Å². The summed E-state index contributed by atoms with van der Waals surface area (Å²) < 4.78 is 5.76. The van der Waals surface area contributed by atoms with Crippen molar-refractivity contribution in [2.75, 3.05) is 32.8 Å². The SMILES string of the molecule is CCOc1c(C)ccc(C)c1C(=O)C(C)N1CCNCC1. The van der Waals surface area contributed by atoms with Crippen molar-refractivity contribution in [2.45, 2.75) is 33.7 Å². The van der Waals surface area contributed by atoms with Crippen LogP contribution < -0.4 is 10.1 Å². The van der Waals surface area contributed by atoms with E-state index in [0.717, 1.165) is 48.6 Å². The van der Waals surface area contributed by atoms with E-state index in [1.54, 1.807) is 0 Å². The highest BCUT2D eigenvalue weighted by molar-refractivity contribution is 6.03. The molecule has 0 aromatic heterocycles. The summed E-state index contributed by atoms with van der Waals surface area (Å²) in [6, 6.07) is 3.93. The molecule has 116 valence electrons. The van der Waals surface area contributed by atoms with Crippen LogP contribution in [0.15, 0.2) is 12.1 Å². The number of nitrogens with zero attached hydrogens (tertiary/aromatic N) is 1. The highest BCUT2D eigenvalue weighted by Crippen LogP contribution is 2.29. The van der Waals surface area contributed by atoms with Crippen LogP contribution in [0.5, 0.6) is 5.75 Å². The normalized spacial score (nSPS) is 17.5. The van der Waals surface area contributed by atoms with Crippen LogP contribution in [-0.2, 0) is 0 Å². The zero-order valence-electron chi connectivity index (χ0n) is 13.5. The molecule has 1 unspecified atom stereocenters. The third-order valence-electron chi connectivity index (χ3n) is 4.18. The van der Waals surface area contributed by atoms with Crippen LogP contribution in [0, 0.1) is 13.8 Å². The van der Waals surface area contributed by atoms with E-state index in [0.29, 0.717) is 6.61 Å². The van der Waals surface area contributed by atoms with Crippen LogP contribution in [0.4, 0.5) is 0 Å². The first-order chi connectivity index (χ1) is 10.1. The molecule has 1 atom stereocenters. The number of ketones is 1. The van der Waals surface area contributed by atoms with E-state index in [1.165, 1.54) is 0 Å².